The molecule has 118 valence electrons. The molecule has 0 radical (unpaired) electrons. The van der Waals surface area contributed by atoms with E-state index >= 15 is 0 Å². The number of carbonyl (C=O) groups is 1. The Balaban J connectivity index is 0.00000400. The summed E-state index contributed by atoms with van der Waals surface area (Å²) >= 11 is 6.08. The summed E-state index contributed by atoms with van der Waals surface area (Å²) < 4.78 is 4.67. The normalized spacial score (nSPS) is 12.1. The minimum absolute atomic E-state index is 0. The second-order valence-corrected chi connectivity index (χ2v) is 4.73. The summed E-state index contributed by atoms with van der Waals surface area (Å²) in [6.45, 7) is 2.81. The Bertz CT molecular complexity index is 483. The number of aliphatic imine (C=N–C) groups is 1. The molecule has 0 saturated carbocycles. The molecule has 1 rings (SSSR count). The smallest absolute Gasteiger partial charge is 0.310 e. The van der Waals surface area contributed by atoms with E-state index < -0.39 is 0 Å². The summed E-state index contributed by atoms with van der Waals surface area (Å²) in [7, 11) is 3.05. The molecule has 0 aliphatic rings. The zero-order valence-corrected chi connectivity index (χ0v) is 15.4. The number of esters is 1. The van der Waals surface area contributed by atoms with Gasteiger partial charge in [0.05, 0.1) is 13.0 Å². The van der Waals surface area contributed by atoms with Gasteiger partial charge in [0.15, 0.2) is 5.96 Å². The predicted octanol–water partition coefficient (Wildman–Crippen LogP) is 2.43. The van der Waals surface area contributed by atoms with E-state index in [1.54, 1.807) is 14.0 Å². The highest BCUT2D eigenvalue weighted by molar-refractivity contribution is 14.0. The van der Waals surface area contributed by atoms with E-state index in [1.165, 1.54) is 7.11 Å². The van der Waals surface area contributed by atoms with E-state index in [0.29, 0.717) is 24.1 Å². The summed E-state index contributed by atoms with van der Waals surface area (Å²) in [5, 5.41) is 6.92. The number of ether oxygens (including phenoxy) is 1. The Hall–Kier alpha value is -1.02. The van der Waals surface area contributed by atoms with Crippen LogP contribution in [0.4, 0.5) is 0 Å². The monoisotopic (exact) mass is 425 g/mol. The maximum Gasteiger partial charge on any atom is 0.310 e. The summed E-state index contributed by atoms with van der Waals surface area (Å²) in [6.07, 6.45) is 0. The van der Waals surface area contributed by atoms with Crippen LogP contribution in [0.25, 0.3) is 0 Å². The standard InChI is InChI=1S/C14H20ClN3O2.HI/c1-10(13(19)20-3)8-17-14(16-2)18-9-11-6-4-5-7-12(11)15;/h4-7,10H,8-9H2,1-3H3,(H2,16,17,18);1H. The Morgan fingerprint density at radius 1 is 1.38 bits per heavy atom. The SMILES string of the molecule is CN=C(NCc1ccccc1Cl)NCC(C)C(=O)OC.I. The minimum atomic E-state index is -0.251. The molecule has 7 heteroatoms. The van der Waals surface area contributed by atoms with E-state index in [2.05, 4.69) is 20.4 Å². The molecule has 21 heavy (non-hydrogen) atoms. The van der Waals surface area contributed by atoms with E-state index in [9.17, 15) is 4.79 Å². The van der Waals surface area contributed by atoms with Crippen LogP contribution >= 0.6 is 35.6 Å². The third-order valence-corrected chi connectivity index (χ3v) is 3.18. The van der Waals surface area contributed by atoms with Crippen molar-refractivity contribution in [3.63, 3.8) is 0 Å². The fourth-order valence-electron chi connectivity index (χ4n) is 1.58. The first-order chi connectivity index (χ1) is 9.58. The largest absolute Gasteiger partial charge is 0.469 e. The first-order valence-corrected chi connectivity index (χ1v) is 6.72. The number of hydrogen-bond acceptors (Lipinski definition) is 3. The van der Waals surface area contributed by atoms with Gasteiger partial charge in [-0.25, -0.2) is 0 Å². The van der Waals surface area contributed by atoms with Crippen LogP contribution in [0.2, 0.25) is 5.02 Å². The molecule has 1 atom stereocenters. The molecule has 0 bridgehead atoms. The molecule has 0 heterocycles. The van der Waals surface area contributed by atoms with Gasteiger partial charge in [0, 0.05) is 25.2 Å². The predicted molar refractivity (Wildman–Crippen MR) is 96.2 cm³/mol. The first kappa shape index (κ1) is 20.0. The number of nitrogens with zero attached hydrogens (tertiary/aromatic N) is 1. The first-order valence-electron chi connectivity index (χ1n) is 6.34. The molecule has 2 N–H and O–H groups in total. The molecule has 5 nitrogen and oxygen atoms in total. The quantitative estimate of drug-likeness (QED) is 0.329. The molecular formula is C14H21ClIN3O2. The van der Waals surface area contributed by atoms with Crippen molar-refractivity contribution < 1.29 is 9.53 Å². The Kier molecular flexibility index (Phi) is 10.2. The highest BCUT2D eigenvalue weighted by Crippen LogP contribution is 2.14. The van der Waals surface area contributed by atoms with Crippen LogP contribution in [0.15, 0.2) is 29.3 Å². The van der Waals surface area contributed by atoms with Crippen molar-refractivity contribution in [3.8, 4) is 0 Å². The lowest BCUT2D eigenvalue weighted by Crippen LogP contribution is -2.40. The molecule has 0 saturated heterocycles. The average Bonchev–Trinajstić information content (AvgIpc) is 2.47. The number of methoxy groups -OCH3 is 1. The van der Waals surface area contributed by atoms with Crippen molar-refractivity contribution in [3.05, 3.63) is 34.9 Å². The highest BCUT2D eigenvalue weighted by atomic mass is 127. The molecule has 0 amide bonds. The van der Waals surface area contributed by atoms with Crippen LogP contribution in [-0.4, -0.2) is 32.6 Å². The van der Waals surface area contributed by atoms with Gasteiger partial charge in [-0.3, -0.25) is 9.79 Å². The number of rotatable bonds is 5. The molecule has 0 aromatic heterocycles. The van der Waals surface area contributed by atoms with E-state index in [1.807, 2.05) is 24.3 Å². The molecule has 1 aromatic carbocycles. The number of hydrogen-bond donors (Lipinski definition) is 2. The van der Waals surface area contributed by atoms with Gasteiger partial charge >= 0.3 is 5.97 Å². The molecular weight excluding hydrogens is 405 g/mol. The van der Waals surface area contributed by atoms with Crippen molar-refractivity contribution >= 4 is 47.5 Å². The van der Waals surface area contributed by atoms with Crippen LogP contribution in [0.5, 0.6) is 0 Å². The molecule has 0 aliphatic carbocycles. The Morgan fingerprint density at radius 2 is 2.05 bits per heavy atom. The Labute approximate surface area is 147 Å². The van der Waals surface area contributed by atoms with Gasteiger partial charge in [-0.05, 0) is 11.6 Å². The maximum atomic E-state index is 11.3. The second-order valence-electron chi connectivity index (χ2n) is 4.32. The maximum absolute atomic E-state index is 11.3. The number of benzene rings is 1. The van der Waals surface area contributed by atoms with Crippen LogP contribution in [0.1, 0.15) is 12.5 Å². The van der Waals surface area contributed by atoms with Gasteiger partial charge in [-0.1, -0.05) is 36.7 Å². The van der Waals surface area contributed by atoms with Crippen molar-refractivity contribution in [2.75, 3.05) is 20.7 Å². The van der Waals surface area contributed by atoms with Crippen molar-refractivity contribution in [2.24, 2.45) is 10.9 Å². The lowest BCUT2D eigenvalue weighted by molar-refractivity contribution is -0.144. The number of nitrogens with one attached hydrogen (secondary N) is 2. The van der Waals surface area contributed by atoms with Crippen molar-refractivity contribution in [1.29, 1.82) is 0 Å². The van der Waals surface area contributed by atoms with Crippen LogP contribution in [0.3, 0.4) is 0 Å². The van der Waals surface area contributed by atoms with Crippen LogP contribution in [-0.2, 0) is 16.1 Å². The third kappa shape index (κ3) is 6.99. The van der Waals surface area contributed by atoms with Crippen LogP contribution < -0.4 is 10.6 Å². The van der Waals surface area contributed by atoms with Gasteiger partial charge in [-0.2, -0.15) is 0 Å². The summed E-state index contributed by atoms with van der Waals surface area (Å²) in [4.78, 5) is 15.4. The van der Waals surface area contributed by atoms with Gasteiger partial charge in [-0.15, -0.1) is 24.0 Å². The average molecular weight is 426 g/mol. The molecule has 0 aliphatic heterocycles. The van der Waals surface area contributed by atoms with Gasteiger partial charge in [0.2, 0.25) is 0 Å². The van der Waals surface area contributed by atoms with Gasteiger partial charge in [0.1, 0.15) is 0 Å². The lowest BCUT2D eigenvalue weighted by atomic mass is 10.2. The zero-order valence-electron chi connectivity index (χ0n) is 12.4. The summed E-state index contributed by atoms with van der Waals surface area (Å²) in [6, 6.07) is 7.60. The number of halogens is 2. The fraction of sp³-hybridized carbons (Fsp3) is 0.429. The van der Waals surface area contributed by atoms with Crippen LogP contribution in [0, 0.1) is 5.92 Å². The lowest BCUT2D eigenvalue weighted by Gasteiger charge is -2.15. The van der Waals surface area contributed by atoms with Gasteiger partial charge in [0.25, 0.3) is 0 Å². The highest BCUT2D eigenvalue weighted by Gasteiger charge is 2.13. The fourth-order valence-corrected chi connectivity index (χ4v) is 1.78. The summed E-state index contributed by atoms with van der Waals surface area (Å²) in [5.74, 6) is 0.124. The van der Waals surface area contributed by atoms with Crippen molar-refractivity contribution in [1.82, 2.24) is 10.6 Å². The van der Waals surface area contributed by atoms with Gasteiger partial charge < -0.3 is 15.4 Å². The molecule has 1 aromatic rings. The zero-order chi connectivity index (χ0) is 15.0. The number of carbonyl (C=O) groups excluding carboxylic acids is 1. The number of guanidine groups is 1. The minimum Gasteiger partial charge on any atom is -0.469 e. The molecule has 1 unspecified atom stereocenters. The van der Waals surface area contributed by atoms with E-state index in [-0.39, 0.29) is 35.9 Å². The summed E-state index contributed by atoms with van der Waals surface area (Å²) in [5.41, 5.74) is 0.984. The molecule has 0 fully saturated rings. The van der Waals surface area contributed by atoms with Crippen molar-refractivity contribution in [2.45, 2.75) is 13.5 Å². The second kappa shape index (κ2) is 10.7. The third-order valence-electron chi connectivity index (χ3n) is 2.81. The van der Waals surface area contributed by atoms with E-state index in [0.717, 1.165) is 5.56 Å². The topological polar surface area (TPSA) is 62.7 Å². The van der Waals surface area contributed by atoms with E-state index in [4.69, 9.17) is 11.6 Å². The Morgan fingerprint density at radius 3 is 2.62 bits per heavy atom. The molecule has 0 spiro atoms.